The first-order valence-electron chi connectivity index (χ1n) is 4.14. The minimum Gasteiger partial charge on any atom is -0.303 e. The van der Waals surface area contributed by atoms with E-state index in [1.54, 1.807) is 6.92 Å². The Hall–Kier alpha value is -0.770. The van der Waals surface area contributed by atoms with Crippen molar-refractivity contribution in [2.45, 2.75) is 19.3 Å². The average molecular weight is 263 g/mol. The van der Waals surface area contributed by atoms with E-state index in [4.69, 9.17) is 0 Å². The van der Waals surface area contributed by atoms with Gasteiger partial charge in [-0.1, -0.05) is 6.92 Å². The number of hydrogen-bond donors (Lipinski definition) is 0. The van der Waals surface area contributed by atoms with Crippen LogP contribution in [0.25, 0.3) is 0 Å². The molecule has 76 valence electrons. The van der Waals surface area contributed by atoms with Crippen LogP contribution in [0.5, 0.6) is 0 Å². The van der Waals surface area contributed by atoms with Gasteiger partial charge >= 0.3 is 0 Å². The molecule has 0 aliphatic heterocycles. The lowest BCUT2D eigenvalue weighted by atomic mass is 9.98. The van der Waals surface area contributed by atoms with Crippen LogP contribution < -0.4 is 0 Å². The Kier molecular flexibility index (Phi) is 3.75. The second-order valence-corrected chi connectivity index (χ2v) is 3.95. The molecule has 1 unspecified atom stereocenters. The van der Waals surface area contributed by atoms with E-state index in [9.17, 15) is 13.6 Å². The smallest absolute Gasteiger partial charge is 0.141 e. The molecule has 1 aromatic carbocycles. The molecule has 0 amide bonds. The summed E-state index contributed by atoms with van der Waals surface area (Å²) in [4.78, 5) is 10.2. The molecule has 1 atom stereocenters. The molecular weight excluding hydrogens is 254 g/mol. The van der Waals surface area contributed by atoms with Crippen LogP contribution in [0.4, 0.5) is 8.78 Å². The van der Waals surface area contributed by atoms with E-state index in [0.29, 0.717) is 6.29 Å². The average Bonchev–Trinajstić information content (AvgIpc) is 2.11. The van der Waals surface area contributed by atoms with Crippen LogP contribution in [-0.4, -0.2) is 6.29 Å². The third kappa shape index (κ3) is 2.38. The largest absolute Gasteiger partial charge is 0.303 e. The first-order valence-corrected chi connectivity index (χ1v) is 4.93. The van der Waals surface area contributed by atoms with Gasteiger partial charge in [-0.15, -0.1) is 0 Å². The summed E-state index contributed by atoms with van der Waals surface area (Å²) in [6.07, 6.45) is 0.885. The van der Waals surface area contributed by atoms with Crippen molar-refractivity contribution in [3.8, 4) is 0 Å². The fourth-order valence-corrected chi connectivity index (χ4v) is 1.65. The van der Waals surface area contributed by atoms with E-state index in [2.05, 4.69) is 15.9 Å². The standard InChI is InChI=1S/C10H9BrF2O/c1-6(2-3-14)8-4-7(12)5-9(11)10(8)13/h3-6H,2H2,1H3. The Morgan fingerprint density at radius 2 is 2.14 bits per heavy atom. The third-order valence-corrected chi connectivity index (χ3v) is 2.58. The summed E-state index contributed by atoms with van der Waals surface area (Å²) in [7, 11) is 0. The van der Waals surface area contributed by atoms with Gasteiger partial charge in [0.05, 0.1) is 4.47 Å². The van der Waals surface area contributed by atoms with Gasteiger partial charge in [0.15, 0.2) is 0 Å². The van der Waals surface area contributed by atoms with E-state index in [1.807, 2.05) is 0 Å². The van der Waals surface area contributed by atoms with Crippen LogP contribution in [0, 0.1) is 11.6 Å². The van der Waals surface area contributed by atoms with Crippen LogP contribution in [0.2, 0.25) is 0 Å². The van der Waals surface area contributed by atoms with Gasteiger partial charge in [0.1, 0.15) is 17.9 Å². The molecule has 0 aromatic heterocycles. The molecule has 0 radical (unpaired) electrons. The molecule has 0 heterocycles. The molecule has 0 bridgehead atoms. The van der Waals surface area contributed by atoms with Crippen molar-refractivity contribution < 1.29 is 13.6 Å². The summed E-state index contributed by atoms with van der Waals surface area (Å²) >= 11 is 2.91. The molecule has 0 aliphatic carbocycles. The van der Waals surface area contributed by atoms with Gasteiger partial charge in [0, 0.05) is 6.42 Å². The van der Waals surface area contributed by atoms with Crippen LogP contribution >= 0.6 is 15.9 Å². The summed E-state index contributed by atoms with van der Waals surface area (Å²) < 4.78 is 26.4. The van der Waals surface area contributed by atoms with Crippen molar-refractivity contribution >= 4 is 22.2 Å². The van der Waals surface area contributed by atoms with E-state index in [-0.39, 0.29) is 22.4 Å². The minimum atomic E-state index is -0.508. The molecule has 0 N–H and O–H groups in total. The highest BCUT2D eigenvalue weighted by atomic mass is 79.9. The predicted octanol–water partition coefficient (Wildman–Crippen LogP) is 3.42. The fraction of sp³-hybridized carbons (Fsp3) is 0.300. The molecule has 14 heavy (non-hydrogen) atoms. The summed E-state index contributed by atoms with van der Waals surface area (Å²) in [6.45, 7) is 1.68. The van der Waals surface area contributed by atoms with Crippen LogP contribution in [-0.2, 0) is 4.79 Å². The quantitative estimate of drug-likeness (QED) is 0.603. The lowest BCUT2D eigenvalue weighted by Gasteiger charge is -2.10. The fourth-order valence-electron chi connectivity index (χ4n) is 1.21. The molecule has 0 saturated heterocycles. The predicted molar refractivity (Wildman–Crippen MR) is 53.2 cm³/mol. The topological polar surface area (TPSA) is 17.1 Å². The maximum Gasteiger partial charge on any atom is 0.141 e. The third-order valence-electron chi connectivity index (χ3n) is 2.00. The van der Waals surface area contributed by atoms with Crippen molar-refractivity contribution in [3.63, 3.8) is 0 Å². The molecular formula is C10H9BrF2O. The first kappa shape index (κ1) is 11.3. The molecule has 1 nitrogen and oxygen atoms in total. The van der Waals surface area contributed by atoms with E-state index >= 15 is 0 Å². The Morgan fingerprint density at radius 3 is 2.71 bits per heavy atom. The number of aldehydes is 1. The second-order valence-electron chi connectivity index (χ2n) is 3.09. The van der Waals surface area contributed by atoms with Crippen molar-refractivity contribution in [2.24, 2.45) is 0 Å². The molecule has 1 rings (SSSR count). The number of carbonyl (C=O) groups excluding carboxylic acids is 1. The highest BCUT2D eigenvalue weighted by Gasteiger charge is 2.14. The highest BCUT2D eigenvalue weighted by Crippen LogP contribution is 2.27. The molecule has 0 fully saturated rings. The maximum atomic E-state index is 13.4. The van der Waals surface area contributed by atoms with Crippen LogP contribution in [0.1, 0.15) is 24.8 Å². The Bertz CT molecular complexity index is 352. The van der Waals surface area contributed by atoms with Gasteiger partial charge in [-0.2, -0.15) is 0 Å². The van der Waals surface area contributed by atoms with Gasteiger partial charge in [0.2, 0.25) is 0 Å². The van der Waals surface area contributed by atoms with Gasteiger partial charge in [-0.25, -0.2) is 8.78 Å². The molecule has 0 aliphatic rings. The summed E-state index contributed by atoms with van der Waals surface area (Å²) in [5.74, 6) is -1.31. The lowest BCUT2D eigenvalue weighted by Crippen LogP contribution is -2.00. The number of rotatable bonds is 3. The highest BCUT2D eigenvalue weighted by molar-refractivity contribution is 9.10. The summed E-state index contributed by atoms with van der Waals surface area (Å²) in [5, 5.41) is 0. The van der Waals surface area contributed by atoms with Crippen molar-refractivity contribution in [2.75, 3.05) is 0 Å². The van der Waals surface area contributed by atoms with Gasteiger partial charge in [-0.05, 0) is 39.5 Å². The SMILES string of the molecule is CC(CC=O)c1cc(F)cc(Br)c1F. The Morgan fingerprint density at radius 1 is 1.50 bits per heavy atom. The first-order chi connectivity index (χ1) is 6.56. The normalized spacial score (nSPS) is 12.6. The summed E-state index contributed by atoms with van der Waals surface area (Å²) in [6, 6.07) is 2.18. The number of hydrogen-bond acceptors (Lipinski definition) is 1. The van der Waals surface area contributed by atoms with Gasteiger partial charge in [-0.3, -0.25) is 0 Å². The Labute approximate surface area is 89.3 Å². The van der Waals surface area contributed by atoms with E-state index in [0.717, 1.165) is 12.1 Å². The molecule has 4 heteroatoms. The number of benzene rings is 1. The zero-order valence-corrected chi connectivity index (χ0v) is 9.14. The zero-order chi connectivity index (χ0) is 10.7. The van der Waals surface area contributed by atoms with E-state index < -0.39 is 11.6 Å². The minimum absolute atomic E-state index is 0.0882. The van der Waals surface area contributed by atoms with Crippen LogP contribution in [0.3, 0.4) is 0 Å². The zero-order valence-electron chi connectivity index (χ0n) is 7.56. The Balaban J connectivity index is 3.12. The van der Waals surface area contributed by atoms with Gasteiger partial charge < -0.3 is 4.79 Å². The van der Waals surface area contributed by atoms with Crippen molar-refractivity contribution in [3.05, 3.63) is 33.8 Å². The van der Waals surface area contributed by atoms with Gasteiger partial charge in [0.25, 0.3) is 0 Å². The van der Waals surface area contributed by atoms with Crippen molar-refractivity contribution in [1.82, 2.24) is 0 Å². The molecule has 1 aromatic rings. The number of halogens is 3. The van der Waals surface area contributed by atoms with Crippen LogP contribution in [0.15, 0.2) is 16.6 Å². The molecule has 0 spiro atoms. The monoisotopic (exact) mass is 262 g/mol. The number of carbonyl (C=O) groups is 1. The maximum absolute atomic E-state index is 13.4. The summed E-state index contributed by atoms with van der Waals surface area (Å²) in [5.41, 5.74) is 0.226. The second kappa shape index (κ2) is 4.64. The lowest BCUT2D eigenvalue weighted by molar-refractivity contribution is -0.108. The molecule has 0 saturated carbocycles. The van der Waals surface area contributed by atoms with Crippen molar-refractivity contribution in [1.29, 1.82) is 0 Å². The van der Waals surface area contributed by atoms with E-state index in [1.165, 1.54) is 0 Å².